The van der Waals surface area contributed by atoms with E-state index in [2.05, 4.69) is 19.2 Å². The van der Waals surface area contributed by atoms with E-state index in [1.807, 2.05) is 0 Å². The zero-order valence-corrected chi connectivity index (χ0v) is 20.2. The number of carbonyl (C=O) groups is 2. The van der Waals surface area contributed by atoms with Crippen LogP contribution in [0.4, 0.5) is 23.7 Å². The van der Waals surface area contributed by atoms with Crippen molar-refractivity contribution in [3.63, 3.8) is 0 Å². The maximum Gasteiger partial charge on any atom is 0.416 e. The summed E-state index contributed by atoms with van der Waals surface area (Å²) in [6.45, 7) is 4.94. The third kappa shape index (κ3) is 3.75. The molecule has 4 aliphatic rings. The SMILES string of the molecule is C[C@@]12CCC[C@H]1[C@@H]1CN(C(=O)Nc3cccc(C(F)(F)F)c3)C3=CC(=O)C(Cl)C[C@]3(C)[C@H]1CC2. The number of halogens is 4. The lowest BCUT2D eigenvalue weighted by molar-refractivity contribution is -0.137. The first-order valence-electron chi connectivity index (χ1n) is 12.1. The van der Waals surface area contributed by atoms with Crippen molar-refractivity contribution < 1.29 is 22.8 Å². The van der Waals surface area contributed by atoms with Crippen LogP contribution in [0.3, 0.4) is 0 Å². The van der Waals surface area contributed by atoms with Crippen LogP contribution in [0.25, 0.3) is 0 Å². The Morgan fingerprint density at radius 3 is 2.68 bits per heavy atom. The van der Waals surface area contributed by atoms with Gasteiger partial charge < -0.3 is 5.32 Å². The first kappa shape index (κ1) is 23.7. The molecule has 1 aliphatic heterocycles. The second-order valence-corrected chi connectivity index (χ2v) is 11.6. The number of piperidine rings is 1. The fraction of sp³-hybridized carbons (Fsp3) is 0.615. The molecule has 4 nitrogen and oxygen atoms in total. The Morgan fingerprint density at radius 2 is 1.94 bits per heavy atom. The number of urea groups is 1. The lowest BCUT2D eigenvalue weighted by Gasteiger charge is -2.60. The molecule has 3 aliphatic carbocycles. The van der Waals surface area contributed by atoms with E-state index in [9.17, 15) is 22.8 Å². The Balaban J connectivity index is 1.50. The van der Waals surface area contributed by atoms with Gasteiger partial charge in [0.1, 0.15) is 0 Å². The number of hydrogen-bond donors (Lipinski definition) is 1. The largest absolute Gasteiger partial charge is 0.416 e. The van der Waals surface area contributed by atoms with E-state index in [1.165, 1.54) is 31.1 Å². The summed E-state index contributed by atoms with van der Waals surface area (Å²) >= 11 is 6.44. The van der Waals surface area contributed by atoms with Gasteiger partial charge in [0, 0.05) is 29.4 Å². The maximum absolute atomic E-state index is 13.5. The Hall–Kier alpha value is -2.02. The molecule has 2 saturated carbocycles. The number of amides is 2. The van der Waals surface area contributed by atoms with Crippen molar-refractivity contribution in [1.82, 2.24) is 4.90 Å². The van der Waals surface area contributed by atoms with Crippen molar-refractivity contribution in [2.45, 2.75) is 63.9 Å². The highest BCUT2D eigenvalue weighted by atomic mass is 35.5. The average molecular weight is 495 g/mol. The number of alkyl halides is 4. The standard InChI is InChI=1S/C26H30ClF3N2O2/c1-24-9-4-7-18(24)17-14-32(23(34)31-16-6-3-5-15(11-16)26(28,29)30)22-12-21(33)20(27)13-25(22,2)19(17)8-10-24/h3,5-6,11-12,17-20H,4,7-10,13-14H2,1-2H3,(H,31,34)/t17-,18-,19-,20?,24-,25+/m0/s1. The molecular formula is C26H30ClF3N2O2. The van der Waals surface area contributed by atoms with Gasteiger partial charge >= 0.3 is 12.2 Å². The minimum absolute atomic E-state index is 0.0796. The molecule has 5 rings (SSSR count). The van der Waals surface area contributed by atoms with Gasteiger partial charge in [-0.25, -0.2) is 4.79 Å². The predicted molar refractivity (Wildman–Crippen MR) is 124 cm³/mol. The summed E-state index contributed by atoms with van der Waals surface area (Å²) in [5.74, 6) is 0.862. The summed E-state index contributed by atoms with van der Waals surface area (Å²) in [5, 5.41) is 2.04. The Morgan fingerprint density at radius 1 is 1.18 bits per heavy atom. The van der Waals surface area contributed by atoms with Gasteiger partial charge in [0.15, 0.2) is 5.78 Å². The highest BCUT2D eigenvalue weighted by molar-refractivity contribution is 6.33. The monoisotopic (exact) mass is 494 g/mol. The van der Waals surface area contributed by atoms with Gasteiger partial charge in [-0.1, -0.05) is 26.3 Å². The highest BCUT2D eigenvalue weighted by Crippen LogP contribution is 2.64. The molecule has 1 aromatic carbocycles. The first-order chi connectivity index (χ1) is 15.9. The molecule has 0 radical (unpaired) electrons. The minimum atomic E-state index is -4.50. The van der Waals surface area contributed by atoms with Crippen LogP contribution >= 0.6 is 11.6 Å². The molecule has 0 spiro atoms. The summed E-state index contributed by atoms with van der Waals surface area (Å²) in [4.78, 5) is 27.7. The van der Waals surface area contributed by atoms with Crippen LogP contribution in [-0.2, 0) is 11.0 Å². The number of fused-ring (bicyclic) bond motifs is 5. The fourth-order valence-corrected chi connectivity index (χ4v) is 7.87. The van der Waals surface area contributed by atoms with Crippen LogP contribution in [0.5, 0.6) is 0 Å². The molecule has 8 heteroatoms. The van der Waals surface area contributed by atoms with Gasteiger partial charge in [-0.15, -0.1) is 11.6 Å². The number of hydrogen-bond acceptors (Lipinski definition) is 2. The normalized spacial score (nSPS) is 37.4. The molecule has 1 heterocycles. The highest BCUT2D eigenvalue weighted by Gasteiger charge is 2.59. The number of allylic oxidation sites excluding steroid dienone is 2. The molecule has 0 bridgehead atoms. The van der Waals surface area contributed by atoms with Crippen molar-refractivity contribution in [3.8, 4) is 0 Å². The van der Waals surface area contributed by atoms with E-state index in [4.69, 9.17) is 11.6 Å². The Bertz CT molecular complexity index is 1060. The Kier molecular flexibility index (Phi) is 5.58. The molecule has 1 N–H and O–H groups in total. The molecule has 1 aromatic rings. The molecule has 184 valence electrons. The van der Waals surface area contributed by atoms with Crippen molar-refractivity contribution >= 4 is 29.1 Å². The summed E-state index contributed by atoms with van der Waals surface area (Å²) in [5.41, 5.74) is -0.261. The Labute approximate surface area is 202 Å². The molecule has 1 saturated heterocycles. The number of nitrogens with zero attached hydrogens (tertiary/aromatic N) is 1. The molecule has 34 heavy (non-hydrogen) atoms. The minimum Gasteiger partial charge on any atom is -0.308 e. The summed E-state index contributed by atoms with van der Waals surface area (Å²) in [7, 11) is 0. The van der Waals surface area contributed by atoms with Crippen LogP contribution < -0.4 is 5.32 Å². The lowest BCUT2D eigenvalue weighted by Crippen LogP contribution is -2.59. The number of benzene rings is 1. The number of nitrogens with one attached hydrogen (secondary N) is 1. The zero-order valence-electron chi connectivity index (χ0n) is 19.4. The van der Waals surface area contributed by atoms with E-state index in [-0.39, 0.29) is 22.8 Å². The van der Waals surface area contributed by atoms with Crippen molar-refractivity contribution in [3.05, 3.63) is 41.6 Å². The third-order valence-corrected chi connectivity index (χ3v) is 9.55. The molecule has 3 fully saturated rings. The summed E-state index contributed by atoms with van der Waals surface area (Å²) in [6, 6.07) is 4.14. The van der Waals surface area contributed by atoms with Crippen LogP contribution in [0.15, 0.2) is 36.0 Å². The molecule has 0 aromatic heterocycles. The first-order valence-corrected chi connectivity index (χ1v) is 12.5. The number of likely N-dealkylation sites (tertiary alicyclic amines) is 1. The van der Waals surface area contributed by atoms with Crippen LogP contribution in [0.2, 0.25) is 0 Å². The average Bonchev–Trinajstić information content (AvgIpc) is 3.16. The third-order valence-electron chi connectivity index (χ3n) is 9.18. The van der Waals surface area contributed by atoms with Crippen LogP contribution in [0.1, 0.15) is 57.9 Å². The number of rotatable bonds is 1. The van der Waals surface area contributed by atoms with Crippen LogP contribution in [0, 0.1) is 28.6 Å². The van der Waals surface area contributed by atoms with E-state index < -0.39 is 28.6 Å². The summed E-state index contributed by atoms with van der Waals surface area (Å²) < 4.78 is 39.5. The number of anilines is 1. The second kappa shape index (κ2) is 8.00. The predicted octanol–water partition coefficient (Wildman–Crippen LogP) is 6.86. The van der Waals surface area contributed by atoms with Gasteiger partial charge in [-0.05, 0) is 73.5 Å². The number of carbonyl (C=O) groups excluding carboxylic acids is 2. The summed E-state index contributed by atoms with van der Waals surface area (Å²) in [6.07, 6.45) is 3.14. The van der Waals surface area contributed by atoms with Gasteiger partial charge in [-0.2, -0.15) is 13.2 Å². The van der Waals surface area contributed by atoms with E-state index in [0.717, 1.165) is 31.4 Å². The van der Waals surface area contributed by atoms with Gasteiger partial charge in [0.2, 0.25) is 0 Å². The molecular weight excluding hydrogens is 465 g/mol. The molecule has 6 atom stereocenters. The lowest BCUT2D eigenvalue weighted by atomic mass is 9.50. The second-order valence-electron chi connectivity index (χ2n) is 11.1. The molecule has 1 unspecified atom stereocenters. The van der Waals surface area contributed by atoms with Crippen molar-refractivity contribution in [2.24, 2.45) is 28.6 Å². The van der Waals surface area contributed by atoms with Gasteiger partial charge in [-0.3, -0.25) is 9.69 Å². The van der Waals surface area contributed by atoms with Crippen molar-refractivity contribution in [2.75, 3.05) is 11.9 Å². The maximum atomic E-state index is 13.5. The van der Waals surface area contributed by atoms with Gasteiger partial charge in [0.25, 0.3) is 0 Å². The zero-order chi connectivity index (χ0) is 24.5. The van der Waals surface area contributed by atoms with E-state index in [0.29, 0.717) is 30.5 Å². The number of ketones is 1. The van der Waals surface area contributed by atoms with E-state index >= 15 is 0 Å². The van der Waals surface area contributed by atoms with Crippen LogP contribution in [-0.4, -0.2) is 28.6 Å². The smallest absolute Gasteiger partial charge is 0.308 e. The topological polar surface area (TPSA) is 49.4 Å². The molecule has 2 amide bonds. The van der Waals surface area contributed by atoms with Crippen molar-refractivity contribution in [1.29, 1.82) is 0 Å². The van der Waals surface area contributed by atoms with Gasteiger partial charge in [0.05, 0.1) is 10.9 Å². The fourth-order valence-electron chi connectivity index (χ4n) is 7.49. The van der Waals surface area contributed by atoms with E-state index in [1.54, 1.807) is 4.90 Å². The quantitative estimate of drug-likeness (QED) is 0.434.